The average Bonchev–Trinajstić information content (AvgIpc) is 2.62. The van der Waals surface area contributed by atoms with Crippen molar-refractivity contribution in [2.75, 3.05) is 25.6 Å². The number of aliphatic carboxylic acids is 1. The molecule has 0 aliphatic heterocycles. The van der Waals surface area contributed by atoms with Crippen molar-refractivity contribution < 1.29 is 19.6 Å². The Labute approximate surface area is 164 Å². The van der Waals surface area contributed by atoms with Gasteiger partial charge in [-0.1, -0.05) is 0 Å². The molecule has 150 valence electrons. The lowest BCUT2D eigenvalue weighted by Gasteiger charge is -2.21. The molecule has 12 heteroatoms. The number of carboxylic acids is 1. The van der Waals surface area contributed by atoms with E-state index in [1.165, 1.54) is 7.11 Å². The summed E-state index contributed by atoms with van der Waals surface area (Å²) in [5, 5.41) is 23.7. The van der Waals surface area contributed by atoms with E-state index in [1.54, 1.807) is 26.3 Å². The molecule has 1 unspecified atom stereocenters. The molecule has 2 heterocycles. The third-order valence-electron chi connectivity index (χ3n) is 3.96. The summed E-state index contributed by atoms with van der Waals surface area (Å²) in [6, 6.07) is -1.01. The van der Waals surface area contributed by atoms with Gasteiger partial charge in [-0.25, -0.2) is 4.98 Å². The van der Waals surface area contributed by atoms with Crippen LogP contribution >= 0.6 is 11.8 Å². The van der Waals surface area contributed by atoms with E-state index in [2.05, 4.69) is 20.3 Å². The van der Waals surface area contributed by atoms with Gasteiger partial charge < -0.3 is 15.6 Å². The van der Waals surface area contributed by atoms with Crippen LogP contribution in [0.4, 0.5) is 11.6 Å². The molecule has 0 radical (unpaired) electrons. The number of anilines is 1. The van der Waals surface area contributed by atoms with Gasteiger partial charge in [0.15, 0.2) is 5.03 Å². The number of nitro groups is 1. The highest BCUT2D eigenvalue weighted by Crippen LogP contribution is 2.37. The molecule has 0 spiro atoms. The summed E-state index contributed by atoms with van der Waals surface area (Å²) in [6.45, 7) is 3.06. The third-order valence-corrected chi connectivity index (χ3v) is 4.63. The van der Waals surface area contributed by atoms with E-state index >= 15 is 0 Å². The van der Waals surface area contributed by atoms with Crippen LogP contribution in [0.2, 0.25) is 0 Å². The molecule has 2 rings (SSSR count). The first kappa shape index (κ1) is 21.3. The smallest absolute Gasteiger partial charge is 0.324 e. The fourth-order valence-electron chi connectivity index (χ4n) is 2.83. The molecule has 0 saturated carbocycles. The SMILES string of the molecule is COc1c(C)cnc(C(NCC(=O)O)c2nc(N)nc(SC)c2[N+](=O)[O-])c1C. The molecular formula is C16H20N6O5S. The van der Waals surface area contributed by atoms with E-state index in [0.29, 0.717) is 17.0 Å². The molecule has 11 nitrogen and oxygen atoms in total. The van der Waals surface area contributed by atoms with Crippen LogP contribution in [0.1, 0.15) is 28.6 Å². The topological polar surface area (TPSA) is 166 Å². The van der Waals surface area contributed by atoms with Crippen molar-refractivity contribution >= 4 is 29.4 Å². The number of rotatable bonds is 8. The normalized spacial score (nSPS) is 11.9. The summed E-state index contributed by atoms with van der Waals surface area (Å²) >= 11 is 1.04. The lowest BCUT2D eigenvalue weighted by molar-refractivity contribution is -0.389. The second-order valence-corrected chi connectivity index (χ2v) is 6.57. The van der Waals surface area contributed by atoms with E-state index in [-0.39, 0.29) is 22.4 Å². The van der Waals surface area contributed by atoms with Crippen LogP contribution in [-0.4, -0.2) is 50.9 Å². The van der Waals surface area contributed by atoms with Gasteiger partial charge in [-0.2, -0.15) is 4.98 Å². The fourth-order valence-corrected chi connectivity index (χ4v) is 3.39. The van der Waals surface area contributed by atoms with Crippen molar-refractivity contribution in [1.82, 2.24) is 20.3 Å². The second-order valence-electron chi connectivity index (χ2n) is 5.77. The molecule has 0 bridgehead atoms. The Morgan fingerprint density at radius 3 is 2.64 bits per heavy atom. The Morgan fingerprint density at radius 2 is 2.11 bits per heavy atom. The zero-order valence-corrected chi connectivity index (χ0v) is 16.5. The molecule has 0 fully saturated rings. The molecule has 4 N–H and O–H groups in total. The molecule has 2 aromatic rings. The van der Waals surface area contributed by atoms with Gasteiger partial charge in [-0.15, -0.1) is 11.8 Å². The van der Waals surface area contributed by atoms with Crippen molar-refractivity contribution in [3.63, 3.8) is 0 Å². The minimum absolute atomic E-state index is 0.0652. The van der Waals surface area contributed by atoms with E-state index in [4.69, 9.17) is 15.6 Å². The summed E-state index contributed by atoms with van der Waals surface area (Å²) in [7, 11) is 1.50. The number of thioether (sulfide) groups is 1. The number of hydrogen-bond acceptors (Lipinski definition) is 10. The van der Waals surface area contributed by atoms with Gasteiger partial charge in [0.1, 0.15) is 17.5 Å². The Kier molecular flexibility index (Phi) is 6.70. The summed E-state index contributed by atoms with van der Waals surface area (Å²) in [5.41, 5.74) is 7.04. The maximum Gasteiger partial charge on any atom is 0.324 e. The zero-order chi connectivity index (χ0) is 21.0. The van der Waals surface area contributed by atoms with Crippen LogP contribution in [0.25, 0.3) is 0 Å². The first-order chi connectivity index (χ1) is 13.2. The number of nitrogens with one attached hydrogen (secondary N) is 1. The Hall–Kier alpha value is -2.99. The predicted molar refractivity (Wildman–Crippen MR) is 103 cm³/mol. The number of hydrogen-bond donors (Lipinski definition) is 3. The minimum atomic E-state index is -1.14. The highest BCUT2D eigenvalue weighted by atomic mass is 32.2. The predicted octanol–water partition coefficient (Wildman–Crippen LogP) is 1.47. The molecule has 0 amide bonds. The number of methoxy groups -OCH3 is 1. The Balaban J connectivity index is 2.78. The molecule has 0 aliphatic carbocycles. The van der Waals surface area contributed by atoms with Crippen LogP contribution in [0.5, 0.6) is 5.75 Å². The van der Waals surface area contributed by atoms with Crippen molar-refractivity contribution in [1.29, 1.82) is 0 Å². The highest BCUT2D eigenvalue weighted by molar-refractivity contribution is 7.98. The molecule has 28 heavy (non-hydrogen) atoms. The van der Waals surface area contributed by atoms with Crippen molar-refractivity contribution in [2.24, 2.45) is 0 Å². The summed E-state index contributed by atoms with van der Waals surface area (Å²) < 4.78 is 5.39. The number of ether oxygens (including phenoxy) is 1. The first-order valence-corrected chi connectivity index (χ1v) is 9.24. The maximum absolute atomic E-state index is 11.7. The summed E-state index contributed by atoms with van der Waals surface area (Å²) in [4.78, 5) is 34.6. The van der Waals surface area contributed by atoms with Crippen molar-refractivity contribution in [3.8, 4) is 5.75 Å². The molecule has 0 aliphatic rings. The van der Waals surface area contributed by atoms with Crippen LogP contribution in [-0.2, 0) is 4.79 Å². The van der Waals surface area contributed by atoms with Gasteiger partial charge in [0.2, 0.25) is 5.95 Å². The fraction of sp³-hybridized carbons (Fsp3) is 0.375. The van der Waals surface area contributed by atoms with Crippen LogP contribution < -0.4 is 15.8 Å². The summed E-state index contributed by atoms with van der Waals surface area (Å²) in [6.07, 6.45) is 3.17. The maximum atomic E-state index is 11.7. The average molecular weight is 408 g/mol. The Bertz CT molecular complexity index is 923. The third kappa shape index (κ3) is 4.28. The number of nitrogens with two attached hydrogens (primary N) is 1. The lowest BCUT2D eigenvalue weighted by Crippen LogP contribution is -2.31. The minimum Gasteiger partial charge on any atom is -0.496 e. The molecular weight excluding hydrogens is 388 g/mol. The monoisotopic (exact) mass is 408 g/mol. The second kappa shape index (κ2) is 8.80. The van der Waals surface area contributed by atoms with Gasteiger partial charge in [0.05, 0.1) is 24.3 Å². The molecule has 0 saturated heterocycles. The number of aryl methyl sites for hydroxylation is 1. The number of aromatic nitrogens is 3. The number of nitrogen functional groups attached to an aromatic ring is 1. The van der Waals surface area contributed by atoms with Gasteiger partial charge in [-0.3, -0.25) is 25.2 Å². The van der Waals surface area contributed by atoms with Gasteiger partial charge >= 0.3 is 11.7 Å². The van der Waals surface area contributed by atoms with E-state index < -0.39 is 23.5 Å². The van der Waals surface area contributed by atoms with Gasteiger partial charge in [0, 0.05) is 17.3 Å². The van der Waals surface area contributed by atoms with Crippen LogP contribution in [0.15, 0.2) is 11.2 Å². The number of carbonyl (C=O) groups is 1. The van der Waals surface area contributed by atoms with Crippen molar-refractivity contribution in [2.45, 2.75) is 24.9 Å². The van der Waals surface area contributed by atoms with E-state index in [0.717, 1.165) is 17.3 Å². The Morgan fingerprint density at radius 1 is 1.43 bits per heavy atom. The van der Waals surface area contributed by atoms with Gasteiger partial charge in [-0.05, 0) is 20.1 Å². The highest BCUT2D eigenvalue weighted by Gasteiger charge is 2.33. The number of pyridine rings is 1. The lowest BCUT2D eigenvalue weighted by atomic mass is 10.0. The molecule has 1 atom stereocenters. The van der Waals surface area contributed by atoms with Crippen LogP contribution in [0.3, 0.4) is 0 Å². The number of nitrogens with zero attached hydrogens (tertiary/aromatic N) is 4. The molecule has 2 aromatic heterocycles. The molecule has 0 aromatic carbocycles. The largest absolute Gasteiger partial charge is 0.496 e. The van der Waals surface area contributed by atoms with E-state index in [9.17, 15) is 14.9 Å². The zero-order valence-electron chi connectivity index (χ0n) is 15.7. The quantitative estimate of drug-likeness (QED) is 0.250. The summed E-state index contributed by atoms with van der Waals surface area (Å²) in [5.74, 6) is -0.762. The van der Waals surface area contributed by atoms with Crippen molar-refractivity contribution in [3.05, 3.63) is 38.8 Å². The number of carboxylic acid groups (broad SMARTS) is 1. The standard InChI is InChI=1S/C16H20N6O5S/c1-7-5-18-10(8(2)14(7)27-3)11(19-6-9(23)24)12-13(22(25)26)15(28-4)21-16(17)20-12/h5,11,19H,6H2,1-4H3,(H,23,24)(H2,17,20,21). The first-order valence-electron chi connectivity index (χ1n) is 8.02. The van der Waals surface area contributed by atoms with Crippen LogP contribution in [0, 0.1) is 24.0 Å². The van der Waals surface area contributed by atoms with Gasteiger partial charge in [0.25, 0.3) is 0 Å². The van der Waals surface area contributed by atoms with E-state index in [1.807, 2.05) is 0 Å².